The normalized spacial score (nSPS) is 17.4. The van der Waals surface area contributed by atoms with Crippen LogP contribution >= 0.6 is 15.9 Å². The fraction of sp³-hybridized carbons (Fsp3) is 0.444. The molecule has 1 aromatic heterocycles. The van der Waals surface area contributed by atoms with Gasteiger partial charge in [0.05, 0.1) is 22.5 Å². The number of anilines is 1. The molecule has 140 valence electrons. The minimum absolute atomic E-state index is 0.264. The van der Waals surface area contributed by atoms with Gasteiger partial charge in [-0.05, 0) is 41.4 Å². The smallest absolute Gasteiger partial charge is 0.194 e. The lowest BCUT2D eigenvalue weighted by molar-refractivity contribution is 0.160. The molecule has 0 aliphatic carbocycles. The summed E-state index contributed by atoms with van der Waals surface area (Å²) in [5.74, 6) is 1.03. The van der Waals surface area contributed by atoms with Crippen LogP contribution in [0.5, 0.6) is 0 Å². The number of hydrogen-bond acceptors (Lipinski definition) is 4. The number of nitrogens with one attached hydrogen (secondary N) is 3. The molecule has 26 heavy (non-hydrogen) atoms. The Morgan fingerprint density at radius 3 is 2.88 bits per heavy atom. The van der Waals surface area contributed by atoms with E-state index in [4.69, 9.17) is 10.1 Å². The van der Waals surface area contributed by atoms with Gasteiger partial charge in [0, 0.05) is 32.8 Å². The molecule has 0 unspecified atom stereocenters. The lowest BCUT2D eigenvalue weighted by Crippen LogP contribution is -2.40. The van der Waals surface area contributed by atoms with Gasteiger partial charge in [-0.2, -0.15) is 5.10 Å². The molecule has 7 nitrogen and oxygen atoms in total. The Morgan fingerprint density at radius 1 is 1.38 bits per heavy atom. The van der Waals surface area contributed by atoms with Gasteiger partial charge < -0.3 is 15.4 Å². The first kappa shape index (κ1) is 18.9. The predicted molar refractivity (Wildman–Crippen MR) is 107 cm³/mol. The molecule has 3 rings (SSSR count). The number of methoxy groups -OCH3 is 1. The van der Waals surface area contributed by atoms with E-state index in [9.17, 15) is 0 Å². The number of halogens is 1. The van der Waals surface area contributed by atoms with Crippen LogP contribution in [0.4, 0.5) is 5.82 Å². The van der Waals surface area contributed by atoms with E-state index in [2.05, 4.69) is 36.6 Å². The Morgan fingerprint density at radius 2 is 2.15 bits per heavy atom. The zero-order valence-electron chi connectivity index (χ0n) is 15.1. The van der Waals surface area contributed by atoms with Crippen molar-refractivity contribution in [3.63, 3.8) is 0 Å². The number of nitrogens with zero attached hydrogens (tertiary/aromatic N) is 3. The highest BCUT2D eigenvalue weighted by atomic mass is 79.9. The van der Waals surface area contributed by atoms with E-state index in [0.29, 0.717) is 0 Å². The molecular formula is C18H25BrN6O. The third-order valence-corrected chi connectivity index (χ3v) is 5.41. The summed E-state index contributed by atoms with van der Waals surface area (Å²) in [6.07, 6.45) is 1.02. The maximum Gasteiger partial charge on any atom is 0.194 e. The third-order valence-electron chi connectivity index (χ3n) is 4.46. The maximum absolute atomic E-state index is 8.33. The minimum Gasteiger partial charge on any atom is -0.383 e. The van der Waals surface area contributed by atoms with Crippen molar-refractivity contribution in [1.82, 2.24) is 20.0 Å². The van der Waals surface area contributed by atoms with Gasteiger partial charge in [0.1, 0.15) is 0 Å². The van der Waals surface area contributed by atoms with Gasteiger partial charge >= 0.3 is 0 Å². The molecule has 1 fully saturated rings. The van der Waals surface area contributed by atoms with E-state index in [-0.39, 0.29) is 12.0 Å². The van der Waals surface area contributed by atoms with Crippen LogP contribution < -0.4 is 10.6 Å². The van der Waals surface area contributed by atoms with Crippen LogP contribution in [0.3, 0.4) is 0 Å². The summed E-state index contributed by atoms with van der Waals surface area (Å²) in [5, 5.41) is 19.3. The number of ether oxygens (including phenoxy) is 1. The Hall–Kier alpha value is -1.90. The molecule has 1 atom stereocenters. The monoisotopic (exact) mass is 420 g/mol. The van der Waals surface area contributed by atoms with Gasteiger partial charge in [0.15, 0.2) is 11.8 Å². The summed E-state index contributed by atoms with van der Waals surface area (Å²) >= 11 is 3.59. The fourth-order valence-electron chi connectivity index (χ4n) is 3.10. The van der Waals surface area contributed by atoms with E-state index < -0.39 is 0 Å². The number of aryl methyl sites for hydroxylation is 1. The van der Waals surface area contributed by atoms with E-state index in [1.54, 1.807) is 7.11 Å². The van der Waals surface area contributed by atoms with Crippen molar-refractivity contribution in [3.05, 3.63) is 40.5 Å². The molecule has 0 amide bonds. The van der Waals surface area contributed by atoms with Gasteiger partial charge in [0.2, 0.25) is 0 Å². The molecule has 0 saturated carbocycles. The Bertz CT molecular complexity index is 748. The standard InChI is InChI=1S/C18H25BrN6O/c1-13-16(19)17(25(23-13)15-6-4-3-5-7-15)22-18(20)21-14-8-9-24(12-14)10-11-26-2/h3-7,14H,8-12H2,1-2H3,(H3,20,21,22)/t14-/m0/s1. The van der Waals surface area contributed by atoms with E-state index in [0.717, 1.165) is 54.3 Å². The second kappa shape index (κ2) is 8.66. The number of aromatic nitrogens is 2. The number of para-hydroxylation sites is 1. The highest BCUT2D eigenvalue weighted by Gasteiger charge is 2.23. The maximum atomic E-state index is 8.33. The molecule has 1 aliphatic heterocycles. The van der Waals surface area contributed by atoms with Crippen LogP contribution in [0.25, 0.3) is 5.69 Å². The molecule has 0 radical (unpaired) electrons. The number of rotatable bonds is 6. The lowest BCUT2D eigenvalue weighted by Gasteiger charge is -2.18. The summed E-state index contributed by atoms with van der Waals surface area (Å²) in [4.78, 5) is 2.35. The molecule has 0 bridgehead atoms. The van der Waals surface area contributed by atoms with Crippen LogP contribution in [0.1, 0.15) is 12.1 Å². The summed E-state index contributed by atoms with van der Waals surface area (Å²) < 4.78 is 7.81. The average Bonchev–Trinajstić information content (AvgIpc) is 3.20. The second-order valence-corrected chi connectivity index (χ2v) is 7.21. The highest BCUT2D eigenvalue weighted by Crippen LogP contribution is 2.28. The molecule has 3 N–H and O–H groups in total. The Kier molecular flexibility index (Phi) is 6.29. The van der Waals surface area contributed by atoms with Gasteiger partial charge in [-0.1, -0.05) is 18.2 Å². The number of likely N-dealkylation sites (tertiary alicyclic amines) is 1. The number of hydrogen-bond donors (Lipinski definition) is 3. The van der Waals surface area contributed by atoms with Crippen LogP contribution in [0.2, 0.25) is 0 Å². The quantitative estimate of drug-likeness (QED) is 0.494. The first-order valence-electron chi connectivity index (χ1n) is 8.72. The van der Waals surface area contributed by atoms with Gasteiger partial charge in [-0.15, -0.1) is 0 Å². The van der Waals surface area contributed by atoms with Crippen LogP contribution in [-0.2, 0) is 4.74 Å². The zero-order chi connectivity index (χ0) is 18.5. The van der Waals surface area contributed by atoms with Crippen LogP contribution in [0, 0.1) is 12.3 Å². The van der Waals surface area contributed by atoms with Crippen molar-refractivity contribution < 1.29 is 4.74 Å². The molecule has 1 aromatic carbocycles. The molecular weight excluding hydrogens is 396 g/mol. The molecule has 0 spiro atoms. The van der Waals surface area contributed by atoms with E-state index in [1.807, 2.05) is 41.9 Å². The summed E-state index contributed by atoms with van der Waals surface area (Å²) in [7, 11) is 1.72. The van der Waals surface area contributed by atoms with Crippen molar-refractivity contribution in [2.75, 3.05) is 38.7 Å². The average molecular weight is 421 g/mol. The molecule has 1 aliphatic rings. The SMILES string of the molecule is COCCN1CC[C@H](NC(=N)Nc2c(Br)c(C)nn2-c2ccccc2)C1. The van der Waals surface area contributed by atoms with Crippen molar-refractivity contribution in [1.29, 1.82) is 5.41 Å². The van der Waals surface area contributed by atoms with Gasteiger partial charge in [0.25, 0.3) is 0 Å². The lowest BCUT2D eigenvalue weighted by atomic mass is 10.3. The van der Waals surface area contributed by atoms with Crippen LogP contribution in [0.15, 0.2) is 34.8 Å². The summed E-state index contributed by atoms with van der Waals surface area (Å²) in [6, 6.07) is 10.2. The fourth-order valence-corrected chi connectivity index (χ4v) is 3.45. The third kappa shape index (κ3) is 4.44. The zero-order valence-corrected chi connectivity index (χ0v) is 16.7. The van der Waals surface area contributed by atoms with Crippen LogP contribution in [-0.4, -0.2) is 60.0 Å². The Balaban J connectivity index is 1.65. The first-order valence-corrected chi connectivity index (χ1v) is 9.51. The predicted octanol–water partition coefficient (Wildman–Crippen LogP) is 2.60. The van der Waals surface area contributed by atoms with Crippen molar-refractivity contribution in [3.8, 4) is 5.69 Å². The molecule has 1 saturated heterocycles. The number of benzene rings is 1. The number of guanidine groups is 1. The van der Waals surface area contributed by atoms with E-state index >= 15 is 0 Å². The molecule has 2 heterocycles. The minimum atomic E-state index is 0.264. The van der Waals surface area contributed by atoms with Crippen molar-refractivity contribution >= 4 is 27.7 Å². The first-order chi connectivity index (χ1) is 12.6. The van der Waals surface area contributed by atoms with Crippen molar-refractivity contribution in [2.45, 2.75) is 19.4 Å². The molecule has 2 aromatic rings. The van der Waals surface area contributed by atoms with Gasteiger partial charge in [-0.3, -0.25) is 10.3 Å². The highest BCUT2D eigenvalue weighted by molar-refractivity contribution is 9.10. The Labute approximate surface area is 162 Å². The largest absolute Gasteiger partial charge is 0.383 e. The van der Waals surface area contributed by atoms with E-state index in [1.165, 1.54) is 0 Å². The van der Waals surface area contributed by atoms with Crippen molar-refractivity contribution in [2.24, 2.45) is 0 Å². The summed E-state index contributed by atoms with van der Waals surface area (Å²) in [6.45, 7) is 5.56. The van der Waals surface area contributed by atoms with Gasteiger partial charge in [-0.25, -0.2) is 4.68 Å². The molecule has 8 heteroatoms. The topological polar surface area (TPSA) is 78.2 Å². The second-order valence-electron chi connectivity index (χ2n) is 6.42. The summed E-state index contributed by atoms with van der Waals surface area (Å²) in [5.41, 5.74) is 1.82.